The van der Waals surface area contributed by atoms with Gasteiger partial charge in [0.15, 0.2) is 0 Å². The zero-order chi connectivity index (χ0) is 24.1. The van der Waals surface area contributed by atoms with Crippen LogP contribution in [0.15, 0.2) is 48.5 Å². The molecular weight excluding hydrogens is 434 g/mol. The van der Waals surface area contributed by atoms with Gasteiger partial charge in [0.1, 0.15) is 18.1 Å². The number of methoxy groups -OCH3 is 1. The van der Waals surface area contributed by atoms with Crippen LogP contribution in [0.2, 0.25) is 0 Å². The van der Waals surface area contributed by atoms with Crippen molar-refractivity contribution < 1.29 is 23.9 Å². The summed E-state index contributed by atoms with van der Waals surface area (Å²) in [5, 5.41) is 0. The van der Waals surface area contributed by atoms with Crippen molar-refractivity contribution in [3.63, 3.8) is 0 Å². The van der Waals surface area contributed by atoms with E-state index in [0.717, 1.165) is 18.5 Å². The van der Waals surface area contributed by atoms with E-state index in [1.807, 2.05) is 36.4 Å². The Kier molecular flexibility index (Phi) is 7.35. The molecule has 180 valence electrons. The van der Waals surface area contributed by atoms with Gasteiger partial charge < -0.3 is 24.2 Å². The van der Waals surface area contributed by atoms with Gasteiger partial charge in [0.2, 0.25) is 11.8 Å². The minimum absolute atomic E-state index is 0.0211. The topological polar surface area (TPSA) is 79.4 Å². The number of likely N-dealkylation sites (tertiary alicyclic amines) is 1. The van der Waals surface area contributed by atoms with Crippen LogP contribution in [0, 0.1) is 0 Å². The highest BCUT2D eigenvalue weighted by atomic mass is 16.5. The van der Waals surface area contributed by atoms with Crippen LogP contribution >= 0.6 is 0 Å². The molecule has 8 nitrogen and oxygen atoms in total. The quantitative estimate of drug-likeness (QED) is 0.628. The standard InChI is InChI=1S/C26H31N3O5/c1-19(30)28-14-15-29(22(18-28)20-8-3-5-10-23(20)33-2)26(32)21-9-4-6-11-24(21)34-17-16-27-13-7-12-25(27)31/h3-6,8-11,22H,7,12-18H2,1-2H3. The summed E-state index contributed by atoms with van der Waals surface area (Å²) < 4.78 is 11.5. The lowest BCUT2D eigenvalue weighted by Gasteiger charge is -2.42. The first-order valence-electron chi connectivity index (χ1n) is 11.7. The smallest absolute Gasteiger partial charge is 0.258 e. The summed E-state index contributed by atoms with van der Waals surface area (Å²) >= 11 is 0. The van der Waals surface area contributed by atoms with Crippen molar-refractivity contribution in [3.8, 4) is 11.5 Å². The third-order valence-electron chi connectivity index (χ3n) is 6.49. The van der Waals surface area contributed by atoms with E-state index < -0.39 is 0 Å². The highest BCUT2D eigenvalue weighted by Gasteiger charge is 2.35. The minimum atomic E-state index is -0.350. The predicted molar refractivity (Wildman–Crippen MR) is 127 cm³/mol. The van der Waals surface area contributed by atoms with Crippen molar-refractivity contribution in [3.05, 3.63) is 59.7 Å². The maximum absolute atomic E-state index is 13.8. The molecule has 2 heterocycles. The number of para-hydroxylation sites is 2. The number of nitrogens with zero attached hydrogens (tertiary/aromatic N) is 3. The first kappa shape index (κ1) is 23.6. The van der Waals surface area contributed by atoms with Gasteiger partial charge in [-0.25, -0.2) is 0 Å². The summed E-state index contributed by atoms with van der Waals surface area (Å²) in [7, 11) is 1.60. The SMILES string of the molecule is COc1ccccc1C1CN(C(C)=O)CCN1C(=O)c1ccccc1OCCN1CCCC1=O. The van der Waals surface area contributed by atoms with Gasteiger partial charge in [-0.3, -0.25) is 14.4 Å². The molecule has 2 aromatic rings. The van der Waals surface area contributed by atoms with E-state index in [9.17, 15) is 14.4 Å². The maximum atomic E-state index is 13.8. The molecule has 0 aliphatic carbocycles. The Morgan fingerprint density at radius 3 is 2.44 bits per heavy atom. The Bertz CT molecular complexity index is 1060. The Morgan fingerprint density at radius 1 is 1.00 bits per heavy atom. The number of benzene rings is 2. The Balaban J connectivity index is 1.56. The van der Waals surface area contributed by atoms with Gasteiger partial charge in [-0.05, 0) is 24.6 Å². The molecule has 0 aromatic heterocycles. The van der Waals surface area contributed by atoms with Crippen molar-refractivity contribution in [1.29, 1.82) is 0 Å². The second-order valence-electron chi connectivity index (χ2n) is 8.55. The fourth-order valence-electron chi connectivity index (χ4n) is 4.65. The van der Waals surface area contributed by atoms with Gasteiger partial charge in [-0.1, -0.05) is 30.3 Å². The van der Waals surface area contributed by atoms with E-state index in [2.05, 4.69) is 0 Å². The van der Waals surface area contributed by atoms with Crippen molar-refractivity contribution in [2.75, 3.05) is 46.4 Å². The molecule has 1 unspecified atom stereocenters. The maximum Gasteiger partial charge on any atom is 0.258 e. The molecule has 1 atom stereocenters. The van der Waals surface area contributed by atoms with Crippen LogP contribution in [0.5, 0.6) is 11.5 Å². The molecule has 4 rings (SSSR count). The van der Waals surface area contributed by atoms with Crippen molar-refractivity contribution in [2.45, 2.75) is 25.8 Å². The van der Waals surface area contributed by atoms with Gasteiger partial charge in [0.25, 0.3) is 5.91 Å². The molecule has 0 spiro atoms. The van der Waals surface area contributed by atoms with Crippen molar-refractivity contribution in [1.82, 2.24) is 14.7 Å². The number of amides is 3. The van der Waals surface area contributed by atoms with Crippen LogP contribution < -0.4 is 9.47 Å². The second kappa shape index (κ2) is 10.6. The lowest BCUT2D eigenvalue weighted by Crippen LogP contribution is -2.52. The molecule has 0 radical (unpaired) electrons. The highest BCUT2D eigenvalue weighted by molar-refractivity contribution is 5.97. The molecule has 2 saturated heterocycles. The third-order valence-corrected chi connectivity index (χ3v) is 6.49. The monoisotopic (exact) mass is 465 g/mol. The molecule has 2 aliphatic rings. The minimum Gasteiger partial charge on any atom is -0.496 e. The van der Waals surface area contributed by atoms with E-state index in [4.69, 9.17) is 9.47 Å². The largest absolute Gasteiger partial charge is 0.496 e. The Hall–Kier alpha value is -3.55. The predicted octanol–water partition coefficient (Wildman–Crippen LogP) is 2.74. The fraction of sp³-hybridized carbons (Fsp3) is 0.423. The molecule has 0 N–H and O–H groups in total. The van der Waals surface area contributed by atoms with E-state index in [0.29, 0.717) is 56.3 Å². The lowest BCUT2D eigenvalue weighted by atomic mass is 9.99. The second-order valence-corrected chi connectivity index (χ2v) is 8.55. The number of carbonyl (C=O) groups is 3. The number of hydrogen-bond acceptors (Lipinski definition) is 5. The van der Waals surface area contributed by atoms with E-state index >= 15 is 0 Å². The molecule has 34 heavy (non-hydrogen) atoms. The summed E-state index contributed by atoms with van der Waals surface area (Å²) in [5.41, 5.74) is 1.32. The first-order valence-corrected chi connectivity index (χ1v) is 11.7. The number of rotatable bonds is 7. The summed E-state index contributed by atoms with van der Waals surface area (Å²) in [6.07, 6.45) is 1.47. The Labute approximate surface area is 200 Å². The zero-order valence-electron chi connectivity index (χ0n) is 19.7. The lowest BCUT2D eigenvalue weighted by molar-refractivity contribution is -0.131. The molecule has 0 bridgehead atoms. The average Bonchev–Trinajstić information content (AvgIpc) is 3.28. The molecule has 0 saturated carbocycles. The van der Waals surface area contributed by atoms with E-state index in [-0.39, 0.29) is 23.8 Å². The van der Waals surface area contributed by atoms with Gasteiger partial charge in [-0.2, -0.15) is 0 Å². The van der Waals surface area contributed by atoms with Crippen LogP contribution in [0.1, 0.15) is 41.7 Å². The summed E-state index contributed by atoms with van der Waals surface area (Å²) in [4.78, 5) is 43.1. The van der Waals surface area contributed by atoms with Gasteiger partial charge >= 0.3 is 0 Å². The van der Waals surface area contributed by atoms with Crippen LogP contribution in [-0.4, -0.2) is 78.9 Å². The van der Waals surface area contributed by atoms with Crippen LogP contribution in [0.3, 0.4) is 0 Å². The zero-order valence-corrected chi connectivity index (χ0v) is 19.7. The van der Waals surface area contributed by atoms with Gasteiger partial charge in [-0.15, -0.1) is 0 Å². The van der Waals surface area contributed by atoms with E-state index in [1.165, 1.54) is 0 Å². The van der Waals surface area contributed by atoms with Crippen LogP contribution in [0.4, 0.5) is 0 Å². The van der Waals surface area contributed by atoms with E-state index in [1.54, 1.807) is 40.9 Å². The molecule has 2 aromatic carbocycles. The normalized spacial score (nSPS) is 18.2. The number of piperazine rings is 1. The van der Waals surface area contributed by atoms with Gasteiger partial charge in [0, 0.05) is 45.1 Å². The van der Waals surface area contributed by atoms with Crippen molar-refractivity contribution >= 4 is 17.7 Å². The number of ether oxygens (including phenoxy) is 2. The molecule has 2 aliphatic heterocycles. The number of carbonyl (C=O) groups excluding carboxylic acids is 3. The van der Waals surface area contributed by atoms with Crippen molar-refractivity contribution in [2.24, 2.45) is 0 Å². The summed E-state index contributed by atoms with van der Waals surface area (Å²) in [6, 6.07) is 14.4. The average molecular weight is 466 g/mol. The molecular formula is C26H31N3O5. The molecule has 2 fully saturated rings. The van der Waals surface area contributed by atoms with Gasteiger partial charge in [0.05, 0.1) is 25.3 Å². The van der Waals surface area contributed by atoms with Crippen LogP contribution in [0.25, 0.3) is 0 Å². The summed E-state index contributed by atoms with van der Waals surface area (Å²) in [5.74, 6) is 1.14. The Morgan fingerprint density at radius 2 is 1.74 bits per heavy atom. The summed E-state index contributed by atoms with van der Waals surface area (Å²) in [6.45, 7) is 4.38. The molecule has 8 heteroatoms. The molecule has 3 amide bonds. The number of hydrogen-bond donors (Lipinski definition) is 0. The highest BCUT2D eigenvalue weighted by Crippen LogP contribution is 2.34. The fourth-order valence-corrected chi connectivity index (χ4v) is 4.65. The van der Waals surface area contributed by atoms with Crippen LogP contribution in [-0.2, 0) is 9.59 Å². The third kappa shape index (κ3) is 5.00. The first-order chi connectivity index (χ1) is 16.5.